The first-order chi connectivity index (χ1) is 16.9. The topological polar surface area (TPSA) is 47.6 Å². The molecule has 0 aliphatic heterocycles. The average Bonchev–Trinajstić information content (AvgIpc) is 2.85. The molecule has 3 rings (SSSR count). The first kappa shape index (κ1) is 27.9. The second-order valence-electron chi connectivity index (χ2n) is 7.69. The van der Waals surface area contributed by atoms with Crippen LogP contribution in [0.4, 0.5) is 40.8 Å². The number of hydrogen-bond acceptors (Lipinski definition) is 4. The van der Waals surface area contributed by atoms with Gasteiger partial charge in [0.15, 0.2) is 5.78 Å². The highest BCUT2D eigenvalue weighted by atomic mass is 31.2. The van der Waals surface area contributed by atoms with Crippen molar-refractivity contribution >= 4 is 24.1 Å². The minimum atomic E-state index is -5.30. The van der Waals surface area contributed by atoms with E-state index in [-0.39, 0.29) is 11.3 Å². The van der Waals surface area contributed by atoms with Crippen molar-refractivity contribution in [1.82, 2.24) is 0 Å². The fourth-order valence-electron chi connectivity index (χ4n) is 3.14. The van der Waals surface area contributed by atoms with Crippen molar-refractivity contribution in [3.05, 3.63) is 78.4 Å². The summed E-state index contributed by atoms with van der Waals surface area (Å²) in [6.07, 6.45) is -8.48. The van der Waals surface area contributed by atoms with Gasteiger partial charge < -0.3 is 14.4 Å². The maximum Gasteiger partial charge on any atom is 0.357 e. The van der Waals surface area contributed by atoms with Crippen molar-refractivity contribution < 1.29 is 48.7 Å². The first-order valence-corrected chi connectivity index (χ1v) is 12.0. The molecule has 0 saturated carbocycles. The Morgan fingerprint density at radius 1 is 0.722 bits per heavy atom. The number of rotatable bonds is 12. The quantitative estimate of drug-likeness (QED) is 0.187. The molecule has 0 radical (unpaired) electrons. The van der Waals surface area contributed by atoms with Crippen LogP contribution in [0.5, 0.6) is 0 Å². The van der Waals surface area contributed by atoms with Gasteiger partial charge in [-0.3, -0.25) is 4.57 Å². The maximum atomic E-state index is 13.7. The van der Waals surface area contributed by atoms with Gasteiger partial charge in [0.05, 0.1) is 0 Å². The van der Waals surface area contributed by atoms with Gasteiger partial charge in [-0.15, -0.1) is 0 Å². The summed E-state index contributed by atoms with van der Waals surface area (Å²) >= 11 is 0. The normalized spacial score (nSPS) is 13.9. The highest BCUT2D eigenvalue weighted by Crippen LogP contribution is 2.62. The Balaban J connectivity index is 2.08. The van der Waals surface area contributed by atoms with Gasteiger partial charge in [-0.2, -0.15) is 17.6 Å². The summed E-state index contributed by atoms with van der Waals surface area (Å²) in [4.78, 5) is 0. The molecule has 0 amide bonds. The first-order valence-electron chi connectivity index (χ1n) is 10.4. The van der Waals surface area contributed by atoms with Gasteiger partial charge in [-0.05, 0) is 17.0 Å². The fraction of sp³-hybridized carbons (Fsp3) is 0.304. The maximum absolute atomic E-state index is 13.7. The number of anilines is 1. The molecule has 0 saturated heterocycles. The molecule has 0 aliphatic carbocycles. The molecule has 13 heteroatoms. The zero-order valence-corrected chi connectivity index (χ0v) is 19.2. The standard InChI is InChI=1S/C23H20F8NO3P/c24-20(25)22(28,29)13-34-36(33,35-14-23(30,31)21(26)27)19(16-8-2-1-3-9-16)32-18-12-6-10-15-7-4-5-11-17(15)18/h1-12,19-21,32H,13-14H2. The van der Waals surface area contributed by atoms with Crippen molar-refractivity contribution in [1.29, 1.82) is 0 Å². The molecule has 0 bridgehead atoms. The molecule has 1 atom stereocenters. The van der Waals surface area contributed by atoms with E-state index in [2.05, 4.69) is 14.4 Å². The average molecular weight is 541 g/mol. The molecule has 36 heavy (non-hydrogen) atoms. The molecule has 1 unspecified atom stereocenters. The lowest BCUT2D eigenvalue weighted by molar-refractivity contribution is -0.158. The Morgan fingerprint density at radius 3 is 1.78 bits per heavy atom. The molecule has 0 aromatic heterocycles. The summed E-state index contributed by atoms with van der Waals surface area (Å²) in [5.74, 6) is -11.5. The van der Waals surface area contributed by atoms with E-state index >= 15 is 0 Å². The van der Waals surface area contributed by atoms with Crippen molar-refractivity contribution in [3.63, 3.8) is 0 Å². The SMILES string of the molecule is O=P(OCC(F)(F)C(F)F)(OCC(F)(F)C(F)F)C(Nc1cccc2ccccc12)c1ccccc1. The van der Waals surface area contributed by atoms with Crippen LogP contribution in [-0.2, 0) is 13.6 Å². The summed E-state index contributed by atoms with van der Waals surface area (Å²) in [6.45, 7) is -4.36. The van der Waals surface area contributed by atoms with Crippen molar-refractivity contribution in [2.45, 2.75) is 30.5 Å². The Labute approximate surface area is 200 Å². The third-order valence-electron chi connectivity index (χ3n) is 5.03. The van der Waals surface area contributed by atoms with Crippen molar-refractivity contribution in [3.8, 4) is 0 Å². The molecule has 1 N–H and O–H groups in total. The van der Waals surface area contributed by atoms with Crippen LogP contribution in [0.2, 0.25) is 0 Å². The van der Waals surface area contributed by atoms with Gasteiger partial charge >= 0.3 is 32.3 Å². The lowest BCUT2D eigenvalue weighted by atomic mass is 10.1. The molecule has 4 nitrogen and oxygen atoms in total. The number of fused-ring (bicyclic) bond motifs is 1. The molecule has 0 spiro atoms. The second-order valence-corrected chi connectivity index (χ2v) is 9.81. The Hall–Kier alpha value is -2.69. The zero-order valence-electron chi connectivity index (χ0n) is 18.3. The smallest absolute Gasteiger partial charge is 0.357 e. The highest BCUT2D eigenvalue weighted by Gasteiger charge is 2.49. The monoisotopic (exact) mass is 541 g/mol. The number of benzene rings is 3. The van der Waals surface area contributed by atoms with Gasteiger partial charge in [0.1, 0.15) is 13.2 Å². The number of alkyl halides is 8. The Kier molecular flexibility index (Phi) is 8.63. The third kappa shape index (κ3) is 6.54. The summed E-state index contributed by atoms with van der Waals surface area (Å²) in [5.41, 5.74) is 0.241. The molecular weight excluding hydrogens is 521 g/mol. The number of hydrogen-bond donors (Lipinski definition) is 1. The van der Waals surface area contributed by atoms with Crippen LogP contribution in [-0.4, -0.2) is 37.9 Å². The molecule has 0 fully saturated rings. The van der Waals surface area contributed by atoms with Gasteiger partial charge in [-0.25, -0.2) is 17.6 Å². The third-order valence-corrected chi connectivity index (χ3v) is 7.06. The summed E-state index contributed by atoms with van der Waals surface area (Å²) in [7, 11) is -5.30. The van der Waals surface area contributed by atoms with Gasteiger partial charge in [0.2, 0.25) is 0 Å². The van der Waals surface area contributed by atoms with E-state index in [1.807, 2.05) is 0 Å². The summed E-state index contributed by atoms with van der Waals surface area (Å²) in [6, 6.07) is 18.5. The lowest BCUT2D eigenvalue weighted by Gasteiger charge is -2.31. The van der Waals surface area contributed by atoms with Crippen LogP contribution in [0.1, 0.15) is 11.3 Å². The number of nitrogens with one attached hydrogen (secondary N) is 1. The molecular formula is C23H20F8NO3P. The van der Waals surface area contributed by atoms with Crippen LogP contribution in [0.15, 0.2) is 72.8 Å². The van der Waals surface area contributed by atoms with E-state index in [1.54, 1.807) is 36.4 Å². The molecule has 0 heterocycles. The van der Waals surface area contributed by atoms with E-state index in [9.17, 15) is 39.7 Å². The Bertz CT molecular complexity index is 1160. The van der Waals surface area contributed by atoms with Crippen LogP contribution >= 0.6 is 7.60 Å². The Morgan fingerprint density at radius 2 is 1.22 bits per heavy atom. The summed E-state index contributed by atoms with van der Waals surface area (Å²) < 4.78 is 128. The number of halogens is 8. The van der Waals surface area contributed by atoms with Crippen molar-refractivity contribution in [2.24, 2.45) is 0 Å². The minimum Gasteiger partial charge on any atom is -0.367 e. The lowest BCUT2D eigenvalue weighted by Crippen LogP contribution is -2.35. The zero-order chi connectivity index (χ0) is 26.6. The fourth-order valence-corrected chi connectivity index (χ4v) is 5.05. The van der Waals surface area contributed by atoms with E-state index in [4.69, 9.17) is 0 Å². The molecule has 3 aromatic rings. The minimum absolute atomic E-state index is 0.00879. The molecule has 196 valence electrons. The van der Waals surface area contributed by atoms with Crippen LogP contribution in [0, 0.1) is 0 Å². The van der Waals surface area contributed by atoms with Gasteiger partial charge in [0, 0.05) is 11.1 Å². The predicted octanol–water partition coefficient (Wildman–Crippen LogP) is 7.98. The van der Waals surface area contributed by atoms with Gasteiger partial charge in [0.25, 0.3) is 0 Å². The predicted molar refractivity (Wildman–Crippen MR) is 118 cm³/mol. The van der Waals surface area contributed by atoms with Gasteiger partial charge in [-0.1, -0.05) is 66.7 Å². The second kappa shape index (κ2) is 11.1. The van der Waals surface area contributed by atoms with E-state index in [0.29, 0.717) is 10.8 Å². The summed E-state index contributed by atoms with van der Waals surface area (Å²) in [5, 5.41) is 3.94. The van der Waals surface area contributed by atoms with E-state index < -0.39 is 51.3 Å². The molecule has 0 aliphatic rings. The molecule has 3 aromatic carbocycles. The van der Waals surface area contributed by atoms with Crippen LogP contribution in [0.25, 0.3) is 10.8 Å². The van der Waals surface area contributed by atoms with Crippen molar-refractivity contribution in [2.75, 3.05) is 18.5 Å². The highest BCUT2D eigenvalue weighted by molar-refractivity contribution is 7.54. The van der Waals surface area contributed by atoms with E-state index in [0.717, 1.165) is 0 Å². The largest absolute Gasteiger partial charge is 0.367 e. The van der Waals surface area contributed by atoms with Crippen LogP contribution in [0.3, 0.4) is 0 Å². The van der Waals surface area contributed by atoms with Crippen LogP contribution < -0.4 is 5.32 Å². The van der Waals surface area contributed by atoms with E-state index in [1.165, 1.54) is 36.4 Å².